The third-order valence-corrected chi connectivity index (χ3v) is 5.32. The molecule has 0 unspecified atom stereocenters. The number of thiazole rings is 1. The number of rotatable bonds is 8. The van der Waals surface area contributed by atoms with Crippen molar-refractivity contribution in [2.24, 2.45) is 0 Å². The van der Waals surface area contributed by atoms with Crippen LogP contribution in [0.4, 0.5) is 5.13 Å². The standard InChI is InChI=1S/C21H23N3O4S2/c1-4-5-9-28-14-8-6-7-13(10-14)19(25)23-20(29)24-21-22-18-16(27-3)11-15(26-2)12-17(18)30-21/h6-8,10-12H,4-5,9H2,1-3H3,(H2,22,23,24,25,29). The van der Waals surface area contributed by atoms with Gasteiger partial charge in [-0.25, -0.2) is 4.98 Å². The zero-order valence-electron chi connectivity index (χ0n) is 17.0. The summed E-state index contributed by atoms with van der Waals surface area (Å²) in [5, 5.41) is 6.32. The molecule has 3 aromatic rings. The normalized spacial score (nSPS) is 10.5. The molecule has 1 aromatic heterocycles. The highest BCUT2D eigenvalue weighted by Gasteiger charge is 2.14. The molecule has 7 nitrogen and oxygen atoms in total. The molecule has 30 heavy (non-hydrogen) atoms. The fourth-order valence-corrected chi connectivity index (χ4v) is 3.84. The lowest BCUT2D eigenvalue weighted by Crippen LogP contribution is -2.34. The number of ether oxygens (including phenoxy) is 3. The molecule has 0 aliphatic carbocycles. The molecule has 1 amide bonds. The summed E-state index contributed by atoms with van der Waals surface area (Å²) in [4.78, 5) is 17.0. The summed E-state index contributed by atoms with van der Waals surface area (Å²) in [6.07, 6.45) is 2.01. The van der Waals surface area contributed by atoms with E-state index in [1.807, 2.05) is 12.1 Å². The van der Waals surface area contributed by atoms with Gasteiger partial charge in [0.25, 0.3) is 5.91 Å². The predicted molar refractivity (Wildman–Crippen MR) is 123 cm³/mol. The summed E-state index contributed by atoms with van der Waals surface area (Å²) in [7, 11) is 3.17. The Kier molecular flexibility index (Phi) is 7.42. The number of thiocarbonyl (C=S) groups is 1. The molecule has 0 aliphatic rings. The second-order valence-corrected chi connectivity index (χ2v) is 7.77. The fraction of sp³-hybridized carbons (Fsp3) is 0.286. The van der Waals surface area contributed by atoms with E-state index in [-0.39, 0.29) is 11.0 Å². The van der Waals surface area contributed by atoms with E-state index in [2.05, 4.69) is 22.5 Å². The molecule has 0 aliphatic heterocycles. The molecular formula is C21H23N3O4S2. The van der Waals surface area contributed by atoms with Crippen LogP contribution in [-0.4, -0.2) is 36.8 Å². The van der Waals surface area contributed by atoms with Gasteiger partial charge in [-0.05, 0) is 42.9 Å². The van der Waals surface area contributed by atoms with Crippen LogP contribution in [-0.2, 0) is 0 Å². The van der Waals surface area contributed by atoms with Crippen LogP contribution < -0.4 is 24.8 Å². The molecule has 0 spiro atoms. The summed E-state index contributed by atoms with van der Waals surface area (Å²) in [5.41, 5.74) is 1.15. The van der Waals surface area contributed by atoms with Gasteiger partial charge in [-0.2, -0.15) is 0 Å². The Hall–Kier alpha value is -2.91. The maximum atomic E-state index is 12.5. The van der Waals surface area contributed by atoms with E-state index < -0.39 is 0 Å². The predicted octanol–water partition coefficient (Wildman–Crippen LogP) is 4.62. The van der Waals surface area contributed by atoms with Gasteiger partial charge in [-0.1, -0.05) is 30.7 Å². The SMILES string of the molecule is CCCCOc1cccc(C(=O)NC(=S)Nc2nc3c(OC)cc(OC)cc3s2)c1. The first kappa shape index (κ1) is 21.8. The van der Waals surface area contributed by atoms with E-state index in [0.29, 0.717) is 40.1 Å². The van der Waals surface area contributed by atoms with Crippen molar-refractivity contribution in [3.8, 4) is 17.2 Å². The van der Waals surface area contributed by atoms with Crippen molar-refractivity contribution in [2.75, 3.05) is 26.1 Å². The number of benzene rings is 2. The number of nitrogens with one attached hydrogen (secondary N) is 2. The molecule has 0 atom stereocenters. The van der Waals surface area contributed by atoms with Crippen LogP contribution in [0.25, 0.3) is 10.2 Å². The molecule has 0 saturated heterocycles. The first-order chi connectivity index (χ1) is 14.5. The molecule has 0 fully saturated rings. The van der Waals surface area contributed by atoms with Gasteiger partial charge >= 0.3 is 0 Å². The van der Waals surface area contributed by atoms with Crippen LogP contribution in [0, 0.1) is 0 Å². The number of hydrogen-bond acceptors (Lipinski definition) is 7. The lowest BCUT2D eigenvalue weighted by Gasteiger charge is -2.09. The third kappa shape index (κ3) is 5.37. The van der Waals surface area contributed by atoms with E-state index in [9.17, 15) is 4.79 Å². The van der Waals surface area contributed by atoms with Crippen molar-refractivity contribution in [1.82, 2.24) is 10.3 Å². The van der Waals surface area contributed by atoms with Gasteiger partial charge < -0.3 is 19.5 Å². The highest BCUT2D eigenvalue weighted by atomic mass is 32.1. The number of unbranched alkanes of at least 4 members (excludes halogenated alkanes) is 1. The van der Waals surface area contributed by atoms with Crippen molar-refractivity contribution in [3.63, 3.8) is 0 Å². The second-order valence-electron chi connectivity index (χ2n) is 6.33. The van der Waals surface area contributed by atoms with Crippen molar-refractivity contribution < 1.29 is 19.0 Å². The summed E-state index contributed by atoms with van der Waals surface area (Å²) in [6, 6.07) is 10.6. The number of carbonyl (C=O) groups is 1. The smallest absolute Gasteiger partial charge is 0.257 e. The van der Waals surface area contributed by atoms with Crippen LogP contribution in [0.2, 0.25) is 0 Å². The Bertz CT molecular complexity index is 1050. The summed E-state index contributed by atoms with van der Waals surface area (Å²) in [6.45, 7) is 2.71. The Morgan fingerprint density at radius 1 is 1.17 bits per heavy atom. The Morgan fingerprint density at radius 3 is 2.73 bits per heavy atom. The number of anilines is 1. The van der Waals surface area contributed by atoms with Crippen LogP contribution in [0.5, 0.6) is 17.2 Å². The van der Waals surface area contributed by atoms with E-state index in [1.54, 1.807) is 38.5 Å². The van der Waals surface area contributed by atoms with Crippen molar-refractivity contribution >= 4 is 49.9 Å². The van der Waals surface area contributed by atoms with Crippen molar-refractivity contribution in [3.05, 3.63) is 42.0 Å². The highest BCUT2D eigenvalue weighted by molar-refractivity contribution is 7.80. The molecule has 9 heteroatoms. The average Bonchev–Trinajstić information content (AvgIpc) is 3.15. The highest BCUT2D eigenvalue weighted by Crippen LogP contribution is 2.36. The Labute approximate surface area is 184 Å². The summed E-state index contributed by atoms with van der Waals surface area (Å²) in [5.74, 6) is 1.60. The van der Waals surface area contributed by atoms with Gasteiger partial charge in [-0.15, -0.1) is 0 Å². The summed E-state index contributed by atoms with van der Waals surface area (Å²) < 4.78 is 17.2. The molecular weight excluding hydrogens is 422 g/mol. The molecule has 158 valence electrons. The van der Waals surface area contributed by atoms with E-state index in [0.717, 1.165) is 17.5 Å². The molecule has 0 bridgehead atoms. The number of aromatic nitrogens is 1. The van der Waals surface area contributed by atoms with Gasteiger partial charge in [-0.3, -0.25) is 10.1 Å². The van der Waals surface area contributed by atoms with Crippen molar-refractivity contribution in [2.45, 2.75) is 19.8 Å². The van der Waals surface area contributed by atoms with Gasteiger partial charge in [0.05, 0.1) is 25.5 Å². The maximum Gasteiger partial charge on any atom is 0.257 e. The van der Waals surface area contributed by atoms with Crippen LogP contribution >= 0.6 is 23.6 Å². The minimum absolute atomic E-state index is 0.155. The van der Waals surface area contributed by atoms with E-state index in [4.69, 9.17) is 26.4 Å². The van der Waals surface area contributed by atoms with E-state index in [1.165, 1.54) is 11.3 Å². The molecule has 0 saturated carbocycles. The van der Waals surface area contributed by atoms with Gasteiger partial charge in [0.1, 0.15) is 22.8 Å². The zero-order valence-corrected chi connectivity index (χ0v) is 18.6. The van der Waals surface area contributed by atoms with Gasteiger partial charge in [0, 0.05) is 11.6 Å². The lowest BCUT2D eigenvalue weighted by atomic mass is 10.2. The topological polar surface area (TPSA) is 81.7 Å². The van der Waals surface area contributed by atoms with Gasteiger partial charge in [0.2, 0.25) is 0 Å². The number of hydrogen-bond donors (Lipinski definition) is 2. The van der Waals surface area contributed by atoms with Crippen LogP contribution in [0.1, 0.15) is 30.1 Å². The number of nitrogens with zero attached hydrogens (tertiary/aromatic N) is 1. The minimum atomic E-state index is -0.325. The first-order valence-electron chi connectivity index (χ1n) is 9.41. The van der Waals surface area contributed by atoms with Crippen LogP contribution in [0.3, 0.4) is 0 Å². The number of carbonyl (C=O) groups excluding carboxylic acids is 1. The van der Waals surface area contributed by atoms with E-state index >= 15 is 0 Å². The van der Waals surface area contributed by atoms with Crippen LogP contribution in [0.15, 0.2) is 36.4 Å². The molecule has 2 N–H and O–H groups in total. The molecule has 2 aromatic carbocycles. The maximum absolute atomic E-state index is 12.5. The average molecular weight is 446 g/mol. The largest absolute Gasteiger partial charge is 0.497 e. The second kappa shape index (κ2) is 10.2. The third-order valence-electron chi connectivity index (χ3n) is 4.20. The lowest BCUT2D eigenvalue weighted by molar-refractivity contribution is 0.0977. The monoisotopic (exact) mass is 445 g/mol. The first-order valence-corrected chi connectivity index (χ1v) is 10.6. The zero-order chi connectivity index (χ0) is 21.5. The fourth-order valence-electron chi connectivity index (χ4n) is 2.67. The Morgan fingerprint density at radius 2 is 2.00 bits per heavy atom. The van der Waals surface area contributed by atoms with Gasteiger partial charge in [0.15, 0.2) is 10.2 Å². The number of methoxy groups -OCH3 is 2. The Balaban J connectivity index is 1.67. The molecule has 3 rings (SSSR count). The molecule has 1 heterocycles. The quantitative estimate of drug-likeness (QED) is 0.387. The summed E-state index contributed by atoms with van der Waals surface area (Å²) >= 11 is 6.66. The van der Waals surface area contributed by atoms with Crippen molar-refractivity contribution in [1.29, 1.82) is 0 Å². The number of fused-ring (bicyclic) bond motifs is 1. The molecule has 0 radical (unpaired) electrons. The minimum Gasteiger partial charge on any atom is -0.497 e. The number of amides is 1.